The van der Waals surface area contributed by atoms with Gasteiger partial charge in [0.05, 0.1) is 24.6 Å². The van der Waals surface area contributed by atoms with Crippen molar-refractivity contribution in [2.24, 2.45) is 11.8 Å². The fourth-order valence-corrected chi connectivity index (χ4v) is 4.54. The van der Waals surface area contributed by atoms with E-state index in [9.17, 15) is 28.4 Å². The molecule has 1 heterocycles. The lowest BCUT2D eigenvalue weighted by atomic mass is 9.99. The van der Waals surface area contributed by atoms with Gasteiger partial charge in [0.25, 0.3) is 5.91 Å². The fraction of sp³-hybridized carbons (Fsp3) is 0.469. The number of halogens is 1. The Morgan fingerprint density at radius 2 is 1.53 bits per heavy atom. The lowest BCUT2D eigenvalue weighted by Crippen LogP contribution is -2.58. The van der Waals surface area contributed by atoms with Crippen molar-refractivity contribution < 1.29 is 37.8 Å². The highest BCUT2D eigenvalue weighted by molar-refractivity contribution is 6.01. The van der Waals surface area contributed by atoms with Crippen LogP contribution in [0.2, 0.25) is 0 Å². The number of amides is 5. The predicted molar refractivity (Wildman–Crippen MR) is 164 cm³/mol. The second kappa shape index (κ2) is 16.4. The third kappa shape index (κ3) is 10.5. The van der Waals surface area contributed by atoms with Crippen LogP contribution in [0, 0.1) is 17.7 Å². The average molecular weight is 628 g/mol. The second-order valence-electron chi connectivity index (χ2n) is 11.6. The molecule has 1 aliphatic rings. The molecule has 5 amide bonds. The van der Waals surface area contributed by atoms with Gasteiger partial charge in [-0.3, -0.25) is 24.0 Å². The third-order valence-electron chi connectivity index (χ3n) is 7.02. The number of hydrogen-bond donors (Lipinski definition) is 5. The van der Waals surface area contributed by atoms with Crippen LogP contribution in [0.5, 0.6) is 11.5 Å². The average Bonchev–Trinajstić information content (AvgIpc) is 2.99. The van der Waals surface area contributed by atoms with Crippen molar-refractivity contribution in [1.82, 2.24) is 26.6 Å². The minimum absolute atomic E-state index is 0.0153. The summed E-state index contributed by atoms with van der Waals surface area (Å²) in [6.07, 6.45) is -0.485. The zero-order chi connectivity index (χ0) is 33.1. The van der Waals surface area contributed by atoms with Crippen LogP contribution in [0.15, 0.2) is 48.5 Å². The van der Waals surface area contributed by atoms with Crippen LogP contribution in [-0.2, 0) is 19.2 Å². The van der Waals surface area contributed by atoms with Crippen molar-refractivity contribution in [2.75, 3.05) is 19.8 Å². The van der Waals surface area contributed by atoms with E-state index < -0.39 is 65.9 Å². The Balaban J connectivity index is 1.85. The van der Waals surface area contributed by atoms with Crippen LogP contribution in [0.3, 0.4) is 0 Å². The van der Waals surface area contributed by atoms with E-state index in [0.29, 0.717) is 5.75 Å². The third-order valence-corrected chi connectivity index (χ3v) is 7.02. The number of carbonyl (C=O) groups is 5. The first-order chi connectivity index (χ1) is 21.3. The quantitative estimate of drug-likeness (QED) is 0.292. The molecule has 0 saturated heterocycles. The monoisotopic (exact) mass is 627 g/mol. The van der Waals surface area contributed by atoms with Crippen molar-refractivity contribution in [1.29, 1.82) is 0 Å². The summed E-state index contributed by atoms with van der Waals surface area (Å²) in [6, 6.07) is 8.05. The molecule has 13 heteroatoms. The molecule has 5 N–H and O–H groups in total. The number of hydrogen-bond acceptors (Lipinski definition) is 7. The zero-order valence-electron chi connectivity index (χ0n) is 26.1. The predicted octanol–water partition coefficient (Wildman–Crippen LogP) is 1.69. The smallest absolute Gasteiger partial charge is 0.255 e. The Bertz CT molecular complexity index is 1350. The fourth-order valence-electron chi connectivity index (χ4n) is 4.54. The Kier molecular flexibility index (Phi) is 12.7. The standard InChI is InChI=1S/C32H42FN5O7/c1-18(2)27-32(43)38-28(19(3)4)31(42)35-20(5)17-45-25-9-7-6-8-23(25)29(40)36-24(16-26(39)37-27)30(41)34-14-15-44-22-12-10-21(33)11-13-22/h6-13,18-20,24,27-28H,14-17H2,1-5H3,(H,34,41)(H,35,42)(H,36,40)(H,37,39)(H,38,43)/t20-,24-,27-,28+/m0/s1. The number of benzene rings is 2. The van der Waals surface area contributed by atoms with Gasteiger partial charge in [-0.05, 0) is 55.2 Å². The lowest BCUT2D eigenvalue weighted by molar-refractivity contribution is -0.134. The van der Waals surface area contributed by atoms with E-state index in [4.69, 9.17) is 9.47 Å². The zero-order valence-corrected chi connectivity index (χ0v) is 26.1. The normalized spacial score (nSPS) is 21.8. The van der Waals surface area contributed by atoms with Gasteiger partial charge in [-0.25, -0.2) is 4.39 Å². The number of nitrogens with one attached hydrogen (secondary N) is 5. The minimum atomic E-state index is -1.33. The number of carbonyl (C=O) groups excluding carboxylic acids is 5. The molecular weight excluding hydrogens is 585 g/mol. The molecule has 0 unspecified atom stereocenters. The first-order valence-corrected chi connectivity index (χ1v) is 14.9. The summed E-state index contributed by atoms with van der Waals surface area (Å²) in [5.74, 6) is -3.40. The highest BCUT2D eigenvalue weighted by Crippen LogP contribution is 2.19. The minimum Gasteiger partial charge on any atom is -0.492 e. The molecule has 12 nitrogen and oxygen atoms in total. The number of fused-ring (bicyclic) bond motifs is 1. The van der Waals surface area contributed by atoms with E-state index in [1.54, 1.807) is 52.8 Å². The van der Waals surface area contributed by atoms with E-state index in [1.165, 1.54) is 30.3 Å². The van der Waals surface area contributed by atoms with E-state index in [2.05, 4.69) is 26.6 Å². The van der Waals surface area contributed by atoms with Gasteiger partial charge in [-0.15, -0.1) is 0 Å². The molecule has 4 atom stereocenters. The maximum absolute atomic E-state index is 13.4. The molecule has 0 fully saturated rings. The van der Waals surface area contributed by atoms with Crippen molar-refractivity contribution in [3.8, 4) is 11.5 Å². The van der Waals surface area contributed by atoms with Gasteiger partial charge in [0.2, 0.25) is 23.6 Å². The largest absolute Gasteiger partial charge is 0.492 e. The van der Waals surface area contributed by atoms with Gasteiger partial charge < -0.3 is 36.1 Å². The van der Waals surface area contributed by atoms with Gasteiger partial charge in [-0.2, -0.15) is 0 Å². The molecule has 2 aromatic rings. The number of para-hydroxylation sites is 1. The molecule has 3 rings (SSSR count). The van der Waals surface area contributed by atoms with Crippen molar-refractivity contribution in [2.45, 2.75) is 65.2 Å². The Morgan fingerprint density at radius 3 is 2.20 bits per heavy atom. The summed E-state index contributed by atoms with van der Waals surface area (Å²) in [7, 11) is 0. The van der Waals surface area contributed by atoms with Gasteiger partial charge >= 0.3 is 0 Å². The molecule has 0 aliphatic carbocycles. The summed E-state index contributed by atoms with van der Waals surface area (Å²) in [5.41, 5.74) is 0.121. The van der Waals surface area contributed by atoms with Crippen LogP contribution >= 0.6 is 0 Å². The SMILES string of the molecule is CC(C)[C@@H]1NC(=O)C[C@@H](C(=O)NCCOc2ccc(F)cc2)NC(=O)c2ccccc2OC[C@H](C)NC(=O)[C@@H](C(C)C)NC1=O. The first kappa shape index (κ1) is 34.8. The molecule has 0 aromatic heterocycles. The molecule has 0 radical (unpaired) electrons. The van der Waals surface area contributed by atoms with E-state index in [-0.39, 0.29) is 42.9 Å². The Labute approximate surface area is 262 Å². The van der Waals surface area contributed by atoms with Crippen LogP contribution in [0.25, 0.3) is 0 Å². The van der Waals surface area contributed by atoms with E-state index in [1.807, 2.05) is 0 Å². The molecule has 244 valence electrons. The number of rotatable bonds is 7. The molecule has 0 saturated carbocycles. The molecule has 0 bridgehead atoms. The van der Waals surface area contributed by atoms with Crippen molar-refractivity contribution in [3.05, 3.63) is 59.9 Å². The molecule has 1 aliphatic heterocycles. The van der Waals surface area contributed by atoms with E-state index in [0.717, 1.165) is 0 Å². The molecule has 2 aromatic carbocycles. The van der Waals surface area contributed by atoms with Gasteiger partial charge in [0.1, 0.15) is 48.7 Å². The van der Waals surface area contributed by atoms with Crippen LogP contribution in [-0.4, -0.2) is 73.5 Å². The topological polar surface area (TPSA) is 164 Å². The van der Waals surface area contributed by atoms with Crippen LogP contribution in [0.4, 0.5) is 4.39 Å². The summed E-state index contributed by atoms with van der Waals surface area (Å²) in [5, 5.41) is 13.5. The van der Waals surface area contributed by atoms with Gasteiger partial charge in [0, 0.05) is 0 Å². The first-order valence-electron chi connectivity index (χ1n) is 14.9. The second-order valence-corrected chi connectivity index (χ2v) is 11.6. The summed E-state index contributed by atoms with van der Waals surface area (Å²) < 4.78 is 24.5. The molecular formula is C32H42FN5O7. The number of ether oxygens (including phenoxy) is 2. The Hall–Kier alpha value is -4.68. The highest BCUT2D eigenvalue weighted by atomic mass is 19.1. The summed E-state index contributed by atoms with van der Waals surface area (Å²) in [4.78, 5) is 66.3. The van der Waals surface area contributed by atoms with Crippen molar-refractivity contribution in [3.63, 3.8) is 0 Å². The molecule has 45 heavy (non-hydrogen) atoms. The maximum atomic E-state index is 13.4. The van der Waals surface area contributed by atoms with Crippen LogP contribution in [0.1, 0.15) is 51.4 Å². The Morgan fingerprint density at radius 1 is 0.911 bits per heavy atom. The summed E-state index contributed by atoms with van der Waals surface area (Å²) >= 11 is 0. The highest BCUT2D eigenvalue weighted by Gasteiger charge is 2.33. The van der Waals surface area contributed by atoms with E-state index >= 15 is 0 Å². The summed E-state index contributed by atoms with van der Waals surface area (Å²) in [6.45, 7) is 8.86. The molecule has 0 spiro atoms. The lowest BCUT2D eigenvalue weighted by Gasteiger charge is -2.28. The van der Waals surface area contributed by atoms with Gasteiger partial charge in [-0.1, -0.05) is 39.8 Å². The van der Waals surface area contributed by atoms with Gasteiger partial charge in [0.15, 0.2) is 0 Å². The maximum Gasteiger partial charge on any atom is 0.255 e. The van der Waals surface area contributed by atoms with Crippen LogP contribution < -0.4 is 36.1 Å². The van der Waals surface area contributed by atoms with Crippen molar-refractivity contribution >= 4 is 29.5 Å².